The second-order valence-electron chi connectivity index (χ2n) is 6.05. The fourth-order valence-corrected chi connectivity index (χ4v) is 4.89. The quantitative estimate of drug-likeness (QED) is 0.403. The van der Waals surface area contributed by atoms with Gasteiger partial charge in [0.05, 0.1) is 32.8 Å². The van der Waals surface area contributed by atoms with Crippen molar-refractivity contribution in [3.63, 3.8) is 0 Å². The van der Waals surface area contributed by atoms with Gasteiger partial charge in [-0.1, -0.05) is 0 Å². The van der Waals surface area contributed by atoms with Gasteiger partial charge in [0, 0.05) is 5.54 Å². The van der Waals surface area contributed by atoms with Crippen molar-refractivity contribution in [2.45, 2.75) is 58.3 Å². The fraction of sp³-hybridized carbons (Fsp3) is 0.857. The van der Waals surface area contributed by atoms with E-state index in [1.165, 1.54) is 7.11 Å². The zero-order chi connectivity index (χ0) is 17.1. The van der Waals surface area contributed by atoms with Crippen LogP contribution in [-0.2, 0) is 27.9 Å². The number of carbonyl (C=O) groups is 2. The number of methoxy groups -OCH3 is 1. The number of amides is 1. The molecule has 0 bridgehead atoms. The van der Waals surface area contributed by atoms with Crippen LogP contribution in [0.25, 0.3) is 0 Å². The SMILES string of the molecule is CCOP(=O)(OCC)[C@@H]1C(=O)N(C(C)(C)C)[C@@H]1CC(=O)OC. The van der Waals surface area contributed by atoms with Crippen LogP contribution in [0.5, 0.6) is 0 Å². The molecular weight excluding hydrogens is 309 g/mol. The van der Waals surface area contributed by atoms with Crippen molar-refractivity contribution in [1.29, 1.82) is 0 Å². The van der Waals surface area contributed by atoms with E-state index in [4.69, 9.17) is 9.05 Å². The molecule has 128 valence electrons. The van der Waals surface area contributed by atoms with Gasteiger partial charge in [-0.05, 0) is 34.6 Å². The van der Waals surface area contributed by atoms with Gasteiger partial charge in [0.2, 0.25) is 5.91 Å². The van der Waals surface area contributed by atoms with Crippen molar-refractivity contribution in [1.82, 2.24) is 4.90 Å². The first-order chi connectivity index (χ1) is 10.1. The first-order valence-electron chi connectivity index (χ1n) is 7.41. The van der Waals surface area contributed by atoms with Crippen molar-refractivity contribution in [3.8, 4) is 0 Å². The van der Waals surface area contributed by atoms with Crippen molar-refractivity contribution in [3.05, 3.63) is 0 Å². The largest absolute Gasteiger partial charge is 0.469 e. The molecule has 2 atom stereocenters. The average Bonchev–Trinajstić information content (AvgIpc) is 2.36. The molecule has 8 heteroatoms. The summed E-state index contributed by atoms with van der Waals surface area (Å²) in [5.41, 5.74) is -1.44. The molecule has 1 rings (SSSR count). The molecule has 0 aromatic heterocycles. The second-order valence-corrected chi connectivity index (χ2v) is 8.20. The highest BCUT2D eigenvalue weighted by atomic mass is 31.2. The summed E-state index contributed by atoms with van der Waals surface area (Å²) in [6.07, 6.45) is -0.0334. The third kappa shape index (κ3) is 3.70. The highest BCUT2D eigenvalue weighted by Crippen LogP contribution is 2.60. The Hall–Kier alpha value is -0.910. The topological polar surface area (TPSA) is 82.1 Å². The van der Waals surface area contributed by atoms with Crippen LogP contribution < -0.4 is 0 Å². The Morgan fingerprint density at radius 2 is 1.73 bits per heavy atom. The minimum Gasteiger partial charge on any atom is -0.469 e. The van der Waals surface area contributed by atoms with Crippen LogP contribution in [0.4, 0.5) is 0 Å². The first kappa shape index (κ1) is 19.1. The predicted molar refractivity (Wildman–Crippen MR) is 81.7 cm³/mol. The van der Waals surface area contributed by atoms with Crippen LogP contribution >= 0.6 is 7.60 Å². The van der Waals surface area contributed by atoms with E-state index >= 15 is 0 Å². The smallest absolute Gasteiger partial charge is 0.345 e. The standard InChI is InChI=1S/C14H26NO6P/c1-7-20-22(18,21-8-2)12-10(9-11(16)19-6)15(13(12)17)14(3,4)5/h10,12H,7-9H2,1-6H3/t10-,12+/m1/s1. The van der Waals surface area contributed by atoms with Crippen LogP contribution in [0.3, 0.4) is 0 Å². The van der Waals surface area contributed by atoms with E-state index in [1.807, 2.05) is 20.8 Å². The first-order valence-corrected chi connectivity index (χ1v) is 9.02. The summed E-state index contributed by atoms with van der Waals surface area (Å²) >= 11 is 0. The monoisotopic (exact) mass is 335 g/mol. The maximum Gasteiger partial charge on any atom is 0.345 e. The lowest BCUT2D eigenvalue weighted by atomic mass is 9.90. The van der Waals surface area contributed by atoms with Gasteiger partial charge < -0.3 is 18.7 Å². The van der Waals surface area contributed by atoms with Crippen LogP contribution in [0, 0.1) is 0 Å². The Labute approximate surface area is 131 Å². The fourth-order valence-electron chi connectivity index (χ4n) is 2.72. The normalized spacial score (nSPS) is 22.5. The van der Waals surface area contributed by atoms with Gasteiger partial charge in [0.15, 0.2) is 5.66 Å². The van der Waals surface area contributed by atoms with Crippen LogP contribution in [-0.4, -0.2) is 54.3 Å². The van der Waals surface area contributed by atoms with Gasteiger partial charge in [0.1, 0.15) is 0 Å². The number of hydrogen-bond donors (Lipinski definition) is 0. The Kier molecular flexibility index (Phi) is 6.18. The lowest BCUT2D eigenvalue weighted by Gasteiger charge is -2.54. The van der Waals surface area contributed by atoms with Gasteiger partial charge in [0.25, 0.3) is 0 Å². The summed E-state index contributed by atoms with van der Waals surface area (Å²) in [6.45, 7) is 9.29. The van der Waals surface area contributed by atoms with E-state index in [2.05, 4.69) is 4.74 Å². The van der Waals surface area contributed by atoms with E-state index in [0.717, 1.165) is 0 Å². The number of esters is 1. The molecule has 0 aliphatic carbocycles. The van der Waals surface area contributed by atoms with Crippen molar-refractivity contribution >= 4 is 19.5 Å². The summed E-state index contributed by atoms with van der Waals surface area (Å²) in [4.78, 5) is 25.7. The third-order valence-corrected chi connectivity index (χ3v) is 5.95. The molecule has 1 aliphatic heterocycles. The number of rotatable bonds is 7. The summed E-state index contributed by atoms with van der Waals surface area (Å²) < 4.78 is 28.2. The Morgan fingerprint density at radius 3 is 2.09 bits per heavy atom. The molecule has 1 fully saturated rings. The van der Waals surface area contributed by atoms with E-state index < -0.39 is 30.8 Å². The minimum atomic E-state index is -3.61. The number of ether oxygens (including phenoxy) is 1. The summed E-state index contributed by atoms with van der Waals surface area (Å²) in [6, 6.07) is -0.552. The molecule has 7 nitrogen and oxygen atoms in total. The minimum absolute atomic E-state index is 0.0334. The maximum atomic E-state index is 12.9. The molecule has 0 saturated carbocycles. The molecule has 1 saturated heterocycles. The van der Waals surface area contributed by atoms with E-state index in [1.54, 1.807) is 18.7 Å². The highest BCUT2D eigenvalue weighted by molar-refractivity contribution is 7.56. The van der Waals surface area contributed by atoms with Crippen molar-refractivity contribution < 1.29 is 27.9 Å². The highest BCUT2D eigenvalue weighted by Gasteiger charge is 2.61. The van der Waals surface area contributed by atoms with Crippen molar-refractivity contribution in [2.24, 2.45) is 0 Å². The molecule has 1 aliphatic rings. The molecule has 0 unspecified atom stereocenters. The molecule has 0 N–H and O–H groups in total. The number of likely N-dealkylation sites (tertiary alicyclic amines) is 1. The number of hydrogen-bond acceptors (Lipinski definition) is 6. The van der Waals surface area contributed by atoms with Gasteiger partial charge >= 0.3 is 13.6 Å². The molecule has 1 heterocycles. The molecule has 0 radical (unpaired) electrons. The van der Waals surface area contributed by atoms with E-state index in [0.29, 0.717) is 0 Å². The Balaban J connectivity index is 3.12. The number of β-lactam (4-membered cyclic amide) rings is 1. The summed E-state index contributed by atoms with van der Waals surface area (Å²) in [5, 5.41) is 0. The van der Waals surface area contributed by atoms with Crippen LogP contribution in [0.2, 0.25) is 0 Å². The van der Waals surface area contributed by atoms with Crippen LogP contribution in [0.15, 0.2) is 0 Å². The molecule has 22 heavy (non-hydrogen) atoms. The maximum absolute atomic E-state index is 12.9. The second kappa shape index (κ2) is 7.11. The zero-order valence-electron chi connectivity index (χ0n) is 14.1. The molecule has 0 spiro atoms. The van der Waals surface area contributed by atoms with Gasteiger partial charge in [-0.3, -0.25) is 14.2 Å². The zero-order valence-corrected chi connectivity index (χ0v) is 15.0. The number of nitrogens with zero attached hydrogens (tertiary/aromatic N) is 1. The van der Waals surface area contributed by atoms with E-state index in [-0.39, 0.29) is 25.5 Å². The lowest BCUT2D eigenvalue weighted by molar-refractivity contribution is -0.159. The van der Waals surface area contributed by atoms with E-state index in [9.17, 15) is 14.2 Å². The van der Waals surface area contributed by atoms with Gasteiger partial charge in [-0.25, -0.2) is 0 Å². The van der Waals surface area contributed by atoms with Gasteiger partial charge in [-0.15, -0.1) is 0 Å². The average molecular weight is 335 g/mol. The third-order valence-electron chi connectivity index (χ3n) is 3.47. The lowest BCUT2D eigenvalue weighted by Crippen LogP contribution is -2.70. The summed E-state index contributed by atoms with van der Waals surface area (Å²) in [5.74, 6) is -0.775. The molecular formula is C14H26NO6P. The number of carbonyl (C=O) groups excluding carboxylic acids is 2. The van der Waals surface area contributed by atoms with Crippen molar-refractivity contribution in [2.75, 3.05) is 20.3 Å². The molecule has 1 amide bonds. The molecule has 0 aromatic rings. The Bertz CT molecular complexity index is 462. The van der Waals surface area contributed by atoms with Gasteiger partial charge in [-0.2, -0.15) is 0 Å². The van der Waals surface area contributed by atoms with Crippen LogP contribution in [0.1, 0.15) is 41.0 Å². The molecule has 0 aromatic carbocycles. The predicted octanol–water partition coefficient (Wildman–Crippen LogP) is 2.19. The Morgan fingerprint density at radius 1 is 1.23 bits per heavy atom. The summed E-state index contributed by atoms with van der Waals surface area (Å²) in [7, 11) is -2.33.